The first-order valence-electron chi connectivity index (χ1n) is 6.06. The summed E-state index contributed by atoms with van der Waals surface area (Å²) in [5, 5.41) is 7.04. The van der Waals surface area contributed by atoms with Crippen molar-refractivity contribution in [3.63, 3.8) is 0 Å². The van der Waals surface area contributed by atoms with Crippen LogP contribution in [0.1, 0.15) is 24.5 Å². The number of anilines is 1. The van der Waals surface area contributed by atoms with Gasteiger partial charge in [-0.25, -0.2) is 0 Å². The van der Waals surface area contributed by atoms with E-state index in [1.54, 1.807) is 0 Å². The molecule has 0 aliphatic heterocycles. The van der Waals surface area contributed by atoms with Crippen molar-refractivity contribution in [3.05, 3.63) is 47.7 Å². The van der Waals surface area contributed by atoms with E-state index in [-0.39, 0.29) is 5.91 Å². The van der Waals surface area contributed by atoms with Crippen LogP contribution in [0.4, 0.5) is 5.82 Å². The predicted molar refractivity (Wildman–Crippen MR) is 71.4 cm³/mol. The van der Waals surface area contributed by atoms with Gasteiger partial charge in [0.2, 0.25) is 5.91 Å². The number of amides is 1. The maximum atomic E-state index is 11.2. The smallest absolute Gasteiger partial charge is 0.225 e. The zero-order valence-corrected chi connectivity index (χ0v) is 10.7. The third-order valence-corrected chi connectivity index (χ3v) is 2.69. The number of nitrogens with one attached hydrogen (secondary N) is 1. The maximum Gasteiger partial charge on any atom is 0.225 e. The Morgan fingerprint density at radius 2 is 2.00 bits per heavy atom. The molecule has 0 atom stereocenters. The molecule has 1 amide bonds. The number of aromatic nitrogens is 2. The van der Waals surface area contributed by atoms with Gasteiger partial charge in [0.25, 0.3) is 0 Å². The van der Waals surface area contributed by atoms with Gasteiger partial charge >= 0.3 is 0 Å². The number of carbonyl (C=O) groups is 1. The van der Waals surface area contributed by atoms with Gasteiger partial charge < -0.3 is 5.32 Å². The summed E-state index contributed by atoms with van der Waals surface area (Å²) >= 11 is 0. The van der Waals surface area contributed by atoms with Gasteiger partial charge in [-0.05, 0) is 12.5 Å². The van der Waals surface area contributed by atoms with Crippen molar-refractivity contribution in [1.82, 2.24) is 9.78 Å². The molecule has 0 unspecified atom stereocenters. The van der Waals surface area contributed by atoms with Crippen LogP contribution in [0.15, 0.2) is 36.5 Å². The topological polar surface area (TPSA) is 46.9 Å². The molecule has 0 spiro atoms. The quantitative estimate of drug-likeness (QED) is 0.897. The van der Waals surface area contributed by atoms with Crippen molar-refractivity contribution in [2.24, 2.45) is 0 Å². The average Bonchev–Trinajstić information content (AvgIpc) is 2.79. The molecule has 0 saturated carbocycles. The minimum absolute atomic E-state index is 0.0180. The van der Waals surface area contributed by atoms with Crippen molar-refractivity contribution in [1.29, 1.82) is 0 Å². The Labute approximate surface area is 107 Å². The van der Waals surface area contributed by atoms with Gasteiger partial charge in [-0.2, -0.15) is 5.10 Å². The van der Waals surface area contributed by atoms with Gasteiger partial charge in [0.05, 0.1) is 6.54 Å². The molecule has 0 fully saturated rings. The van der Waals surface area contributed by atoms with E-state index in [0.717, 1.165) is 0 Å². The second-order valence-electron chi connectivity index (χ2n) is 4.29. The summed E-state index contributed by atoms with van der Waals surface area (Å²) in [5.74, 6) is 0.588. The molecule has 4 nitrogen and oxygen atoms in total. The second kappa shape index (κ2) is 5.49. The molecule has 4 heteroatoms. The first-order valence-corrected chi connectivity index (χ1v) is 6.06. The molecule has 2 rings (SSSR count). The fourth-order valence-electron chi connectivity index (χ4n) is 1.63. The lowest BCUT2D eigenvalue weighted by Gasteiger charge is -2.02. The largest absolute Gasteiger partial charge is 0.309 e. The van der Waals surface area contributed by atoms with Gasteiger partial charge in [-0.1, -0.05) is 36.8 Å². The Hall–Kier alpha value is -2.10. The summed E-state index contributed by atoms with van der Waals surface area (Å²) in [7, 11) is 0. The third-order valence-electron chi connectivity index (χ3n) is 2.69. The number of hydrogen-bond donors (Lipinski definition) is 1. The molecule has 0 aliphatic rings. The number of aryl methyl sites for hydroxylation is 1. The fraction of sp³-hybridized carbons (Fsp3) is 0.286. The second-order valence-corrected chi connectivity index (χ2v) is 4.29. The normalized spacial score (nSPS) is 10.3. The molecule has 1 heterocycles. The van der Waals surface area contributed by atoms with E-state index in [0.29, 0.717) is 18.8 Å². The minimum atomic E-state index is -0.0180. The summed E-state index contributed by atoms with van der Waals surface area (Å²) in [6, 6.07) is 10.1. The molecular formula is C14H17N3O. The van der Waals surface area contributed by atoms with Crippen molar-refractivity contribution >= 4 is 11.7 Å². The highest BCUT2D eigenvalue weighted by molar-refractivity contribution is 5.89. The lowest BCUT2D eigenvalue weighted by Crippen LogP contribution is -2.10. The zero-order chi connectivity index (χ0) is 13.0. The van der Waals surface area contributed by atoms with Crippen LogP contribution >= 0.6 is 0 Å². The molecule has 94 valence electrons. The molecule has 0 bridgehead atoms. The highest BCUT2D eigenvalue weighted by atomic mass is 16.1. The van der Waals surface area contributed by atoms with Crippen LogP contribution in [0.3, 0.4) is 0 Å². The van der Waals surface area contributed by atoms with E-state index in [1.165, 1.54) is 11.1 Å². The van der Waals surface area contributed by atoms with E-state index < -0.39 is 0 Å². The van der Waals surface area contributed by atoms with Gasteiger partial charge in [0.15, 0.2) is 5.82 Å². The first kappa shape index (κ1) is 12.4. The lowest BCUT2D eigenvalue weighted by atomic mass is 10.1. The van der Waals surface area contributed by atoms with E-state index in [2.05, 4.69) is 41.6 Å². The Bertz CT molecular complexity index is 528. The molecule has 0 saturated heterocycles. The van der Waals surface area contributed by atoms with E-state index >= 15 is 0 Å². The minimum Gasteiger partial charge on any atom is -0.309 e. The van der Waals surface area contributed by atoms with Crippen LogP contribution < -0.4 is 5.32 Å². The zero-order valence-electron chi connectivity index (χ0n) is 10.7. The average molecular weight is 243 g/mol. The molecule has 0 radical (unpaired) electrons. The Kier molecular flexibility index (Phi) is 3.77. The van der Waals surface area contributed by atoms with E-state index in [9.17, 15) is 4.79 Å². The van der Waals surface area contributed by atoms with Gasteiger partial charge in [-0.15, -0.1) is 0 Å². The van der Waals surface area contributed by atoms with Crippen molar-refractivity contribution < 1.29 is 4.79 Å². The predicted octanol–water partition coefficient (Wildman–Crippen LogP) is 2.59. The molecule has 1 aromatic heterocycles. The van der Waals surface area contributed by atoms with Crippen molar-refractivity contribution in [2.45, 2.75) is 26.8 Å². The van der Waals surface area contributed by atoms with E-state index in [1.807, 2.05) is 23.9 Å². The summed E-state index contributed by atoms with van der Waals surface area (Å²) in [4.78, 5) is 11.2. The van der Waals surface area contributed by atoms with Crippen LogP contribution in [0, 0.1) is 6.92 Å². The van der Waals surface area contributed by atoms with Crippen LogP contribution in [0.2, 0.25) is 0 Å². The molecule has 0 aliphatic carbocycles. The SMILES string of the molecule is CCC(=O)Nc1ccn(Cc2ccc(C)cc2)n1. The molecule has 1 N–H and O–H groups in total. The number of rotatable bonds is 4. The van der Waals surface area contributed by atoms with Crippen molar-refractivity contribution in [3.8, 4) is 0 Å². The Balaban J connectivity index is 2.02. The van der Waals surface area contributed by atoms with Crippen LogP contribution in [-0.2, 0) is 11.3 Å². The highest BCUT2D eigenvalue weighted by Gasteiger charge is 2.03. The van der Waals surface area contributed by atoms with Crippen LogP contribution in [-0.4, -0.2) is 15.7 Å². The molecule has 2 aromatic rings. The van der Waals surface area contributed by atoms with E-state index in [4.69, 9.17) is 0 Å². The summed E-state index contributed by atoms with van der Waals surface area (Å²) < 4.78 is 1.82. The Morgan fingerprint density at radius 1 is 1.28 bits per heavy atom. The maximum absolute atomic E-state index is 11.2. The molecule has 18 heavy (non-hydrogen) atoms. The standard InChI is InChI=1S/C14H17N3O/c1-3-14(18)15-13-8-9-17(16-13)10-12-6-4-11(2)5-7-12/h4-9H,3,10H2,1-2H3,(H,15,16,18). The Morgan fingerprint density at radius 3 is 2.67 bits per heavy atom. The number of carbonyl (C=O) groups excluding carboxylic acids is 1. The monoisotopic (exact) mass is 243 g/mol. The summed E-state index contributed by atoms with van der Waals surface area (Å²) in [6.07, 6.45) is 2.33. The van der Waals surface area contributed by atoms with Gasteiger partial charge in [0, 0.05) is 18.7 Å². The van der Waals surface area contributed by atoms with Crippen LogP contribution in [0.25, 0.3) is 0 Å². The van der Waals surface area contributed by atoms with Gasteiger partial charge in [-0.3, -0.25) is 9.48 Å². The highest BCUT2D eigenvalue weighted by Crippen LogP contribution is 2.08. The summed E-state index contributed by atoms with van der Waals surface area (Å²) in [5.41, 5.74) is 2.44. The summed E-state index contributed by atoms with van der Waals surface area (Å²) in [6.45, 7) is 4.59. The number of nitrogens with zero attached hydrogens (tertiary/aromatic N) is 2. The first-order chi connectivity index (χ1) is 8.67. The van der Waals surface area contributed by atoms with Crippen LogP contribution in [0.5, 0.6) is 0 Å². The molecular weight excluding hydrogens is 226 g/mol. The fourth-order valence-corrected chi connectivity index (χ4v) is 1.63. The number of hydrogen-bond acceptors (Lipinski definition) is 2. The third kappa shape index (κ3) is 3.20. The number of benzene rings is 1. The van der Waals surface area contributed by atoms with Gasteiger partial charge in [0.1, 0.15) is 0 Å². The van der Waals surface area contributed by atoms with Crippen molar-refractivity contribution in [2.75, 3.05) is 5.32 Å². The lowest BCUT2D eigenvalue weighted by molar-refractivity contribution is -0.115. The molecule has 1 aromatic carbocycles.